The van der Waals surface area contributed by atoms with Crippen molar-refractivity contribution in [2.45, 2.75) is 70.1 Å². The molecule has 3 nitrogen and oxygen atoms in total. The summed E-state index contributed by atoms with van der Waals surface area (Å²) in [5.74, 6) is 0. The van der Waals surface area contributed by atoms with Crippen LogP contribution in [0.1, 0.15) is 52.4 Å². The van der Waals surface area contributed by atoms with Crippen molar-refractivity contribution in [3.63, 3.8) is 0 Å². The predicted molar refractivity (Wildman–Crippen MR) is 71.2 cm³/mol. The molecule has 2 N–H and O–H groups in total. The van der Waals surface area contributed by atoms with Crippen molar-refractivity contribution >= 4 is 0 Å². The van der Waals surface area contributed by atoms with E-state index in [1.807, 2.05) is 6.92 Å². The van der Waals surface area contributed by atoms with Crippen LogP contribution in [0.2, 0.25) is 0 Å². The lowest BCUT2D eigenvalue weighted by Crippen LogP contribution is -2.54. The lowest BCUT2D eigenvalue weighted by atomic mass is 9.92. The van der Waals surface area contributed by atoms with Crippen LogP contribution >= 0.6 is 0 Å². The van der Waals surface area contributed by atoms with Gasteiger partial charge in [0, 0.05) is 18.6 Å². The predicted octanol–water partition coefficient (Wildman–Crippen LogP) is 1.75. The van der Waals surface area contributed by atoms with Gasteiger partial charge in [0.1, 0.15) is 0 Å². The van der Waals surface area contributed by atoms with E-state index in [4.69, 9.17) is 0 Å². The summed E-state index contributed by atoms with van der Waals surface area (Å²) in [7, 11) is 0. The Kier molecular flexibility index (Phi) is 4.45. The van der Waals surface area contributed by atoms with Crippen LogP contribution in [-0.4, -0.2) is 47.3 Å². The minimum Gasteiger partial charge on any atom is -0.389 e. The van der Waals surface area contributed by atoms with Crippen molar-refractivity contribution in [2.75, 3.05) is 19.6 Å². The van der Waals surface area contributed by atoms with Gasteiger partial charge in [0.25, 0.3) is 0 Å². The molecule has 2 saturated heterocycles. The second kappa shape index (κ2) is 5.68. The topological polar surface area (TPSA) is 35.5 Å². The molecular weight excluding hydrogens is 212 g/mol. The van der Waals surface area contributed by atoms with Gasteiger partial charge in [0.15, 0.2) is 0 Å². The number of nitrogens with zero attached hydrogens (tertiary/aromatic N) is 1. The molecule has 2 rings (SSSR count). The summed E-state index contributed by atoms with van der Waals surface area (Å²) in [6.07, 6.45) is 7.43. The number of β-amino-alcohol motifs (C(OH)–C–C–N with tert-alkyl or cyclic N) is 1. The maximum atomic E-state index is 10.3. The Morgan fingerprint density at radius 2 is 2.12 bits per heavy atom. The summed E-state index contributed by atoms with van der Waals surface area (Å²) in [6.45, 7) is 7.23. The van der Waals surface area contributed by atoms with Crippen LogP contribution in [0.3, 0.4) is 0 Å². The first-order valence-corrected chi connectivity index (χ1v) is 7.32. The Hall–Kier alpha value is -0.120. The van der Waals surface area contributed by atoms with Gasteiger partial charge in [0.2, 0.25) is 0 Å². The number of nitrogens with one attached hydrogen (secondary N) is 1. The average molecular weight is 240 g/mol. The van der Waals surface area contributed by atoms with Crippen LogP contribution in [0.25, 0.3) is 0 Å². The summed E-state index contributed by atoms with van der Waals surface area (Å²) in [5, 5.41) is 13.9. The van der Waals surface area contributed by atoms with Crippen molar-refractivity contribution in [3.8, 4) is 0 Å². The van der Waals surface area contributed by atoms with Gasteiger partial charge in [-0.25, -0.2) is 0 Å². The first kappa shape index (κ1) is 13.3. The molecule has 3 unspecified atom stereocenters. The fourth-order valence-corrected chi connectivity index (χ4v) is 3.26. The molecular formula is C14H28N2O. The quantitative estimate of drug-likeness (QED) is 0.786. The molecule has 3 atom stereocenters. The van der Waals surface area contributed by atoms with Crippen LogP contribution in [0.15, 0.2) is 0 Å². The zero-order valence-corrected chi connectivity index (χ0v) is 11.4. The van der Waals surface area contributed by atoms with Gasteiger partial charge in [0.05, 0.1) is 5.60 Å². The molecule has 0 bridgehead atoms. The molecule has 3 heteroatoms. The minimum atomic E-state index is -0.520. The summed E-state index contributed by atoms with van der Waals surface area (Å²) in [5.41, 5.74) is -0.520. The molecule has 2 fully saturated rings. The van der Waals surface area contributed by atoms with Gasteiger partial charge in [-0.15, -0.1) is 0 Å². The van der Waals surface area contributed by atoms with E-state index in [1.54, 1.807) is 0 Å². The highest BCUT2D eigenvalue weighted by Gasteiger charge is 2.34. The number of aliphatic hydroxyl groups is 1. The largest absolute Gasteiger partial charge is 0.389 e. The molecule has 0 radical (unpaired) electrons. The highest BCUT2D eigenvalue weighted by Crippen LogP contribution is 2.26. The number of hydrogen-bond acceptors (Lipinski definition) is 3. The normalized spacial score (nSPS) is 34.8. The Morgan fingerprint density at radius 3 is 2.76 bits per heavy atom. The summed E-state index contributed by atoms with van der Waals surface area (Å²) < 4.78 is 0. The van der Waals surface area contributed by atoms with Crippen molar-refractivity contribution < 1.29 is 5.11 Å². The fourth-order valence-electron chi connectivity index (χ4n) is 3.26. The highest BCUT2D eigenvalue weighted by molar-refractivity contribution is 4.92. The Morgan fingerprint density at radius 1 is 1.29 bits per heavy atom. The van der Waals surface area contributed by atoms with Crippen molar-refractivity contribution in [3.05, 3.63) is 0 Å². The van der Waals surface area contributed by atoms with Gasteiger partial charge >= 0.3 is 0 Å². The highest BCUT2D eigenvalue weighted by atomic mass is 16.3. The summed E-state index contributed by atoms with van der Waals surface area (Å²) in [6, 6.07) is 1.33. The number of likely N-dealkylation sites (tertiary alicyclic amines) is 1. The molecule has 0 aromatic heterocycles. The van der Waals surface area contributed by atoms with Crippen molar-refractivity contribution in [1.29, 1.82) is 0 Å². The third kappa shape index (κ3) is 3.43. The van der Waals surface area contributed by atoms with Gasteiger partial charge in [-0.3, -0.25) is 4.90 Å². The van der Waals surface area contributed by atoms with E-state index in [1.165, 1.54) is 45.2 Å². The second-order valence-corrected chi connectivity index (χ2v) is 6.09. The molecule has 2 aliphatic heterocycles. The standard InChI is InChI=1S/C14H28N2O/c1-3-14(2,17)11-16-10-5-4-8-13(16)12-7-6-9-15-12/h12-13,15,17H,3-11H2,1-2H3. The lowest BCUT2D eigenvalue weighted by molar-refractivity contribution is -0.0119. The molecule has 2 heterocycles. The van der Waals surface area contributed by atoms with Crippen LogP contribution in [0, 0.1) is 0 Å². The number of piperidine rings is 1. The van der Waals surface area contributed by atoms with E-state index in [-0.39, 0.29) is 0 Å². The molecule has 0 amide bonds. The Bertz CT molecular complexity index is 236. The van der Waals surface area contributed by atoms with E-state index in [0.29, 0.717) is 12.1 Å². The third-order valence-corrected chi connectivity index (χ3v) is 4.53. The molecule has 17 heavy (non-hydrogen) atoms. The summed E-state index contributed by atoms with van der Waals surface area (Å²) in [4.78, 5) is 2.54. The fraction of sp³-hybridized carbons (Fsp3) is 1.00. The van der Waals surface area contributed by atoms with Crippen LogP contribution < -0.4 is 5.32 Å². The zero-order valence-electron chi connectivity index (χ0n) is 11.4. The molecule has 0 aromatic rings. The number of rotatable bonds is 4. The number of hydrogen-bond donors (Lipinski definition) is 2. The SMILES string of the molecule is CCC(C)(O)CN1CCCCC1C1CCCN1. The van der Waals surface area contributed by atoms with Gasteiger partial charge in [-0.1, -0.05) is 13.3 Å². The Labute approximate surface area is 106 Å². The molecule has 0 aliphatic carbocycles. The van der Waals surface area contributed by atoms with E-state index in [0.717, 1.165) is 13.0 Å². The molecule has 2 aliphatic rings. The molecule has 0 aromatic carbocycles. The van der Waals surface area contributed by atoms with E-state index in [2.05, 4.69) is 17.1 Å². The minimum absolute atomic E-state index is 0.520. The van der Waals surface area contributed by atoms with E-state index < -0.39 is 5.60 Å². The smallest absolute Gasteiger partial charge is 0.0743 e. The maximum absolute atomic E-state index is 10.3. The van der Waals surface area contributed by atoms with Crippen LogP contribution in [-0.2, 0) is 0 Å². The maximum Gasteiger partial charge on any atom is 0.0743 e. The second-order valence-electron chi connectivity index (χ2n) is 6.09. The van der Waals surface area contributed by atoms with Gasteiger partial charge in [-0.05, 0) is 52.1 Å². The molecule has 0 spiro atoms. The average Bonchev–Trinajstić information content (AvgIpc) is 2.83. The zero-order chi connectivity index (χ0) is 12.3. The first-order valence-electron chi connectivity index (χ1n) is 7.32. The van der Waals surface area contributed by atoms with Crippen LogP contribution in [0.5, 0.6) is 0 Å². The van der Waals surface area contributed by atoms with Gasteiger partial charge < -0.3 is 10.4 Å². The monoisotopic (exact) mass is 240 g/mol. The molecule has 100 valence electrons. The van der Waals surface area contributed by atoms with Gasteiger partial charge in [-0.2, -0.15) is 0 Å². The summed E-state index contributed by atoms with van der Waals surface area (Å²) >= 11 is 0. The van der Waals surface area contributed by atoms with E-state index in [9.17, 15) is 5.11 Å². The van der Waals surface area contributed by atoms with Crippen LogP contribution in [0.4, 0.5) is 0 Å². The Balaban J connectivity index is 1.96. The van der Waals surface area contributed by atoms with Crippen molar-refractivity contribution in [1.82, 2.24) is 10.2 Å². The first-order chi connectivity index (χ1) is 8.12. The third-order valence-electron chi connectivity index (χ3n) is 4.53. The van der Waals surface area contributed by atoms with Crippen molar-refractivity contribution in [2.24, 2.45) is 0 Å². The van der Waals surface area contributed by atoms with E-state index >= 15 is 0 Å². The lowest BCUT2D eigenvalue weighted by Gasteiger charge is -2.42. The molecule has 0 saturated carbocycles.